The number of aromatic nitrogens is 1. The average Bonchev–Trinajstić information content (AvgIpc) is 2.45. The Morgan fingerprint density at radius 3 is 2.67 bits per heavy atom. The van der Waals surface area contributed by atoms with Gasteiger partial charge in [-0.2, -0.15) is 0 Å². The molecule has 0 saturated heterocycles. The number of thiazole rings is 1. The lowest BCUT2D eigenvalue weighted by molar-refractivity contribution is -0.141. The van der Waals surface area contributed by atoms with Gasteiger partial charge in [-0.15, -0.1) is 0 Å². The molecule has 0 aromatic carbocycles. The summed E-state index contributed by atoms with van der Waals surface area (Å²) in [6.07, 6.45) is -0.257. The minimum atomic E-state index is -0.522. The summed E-state index contributed by atoms with van der Waals surface area (Å²) in [5, 5.41) is 0. The Balaban J connectivity index is 2.69. The van der Waals surface area contributed by atoms with Crippen LogP contribution in [0.2, 0.25) is 4.47 Å². The quantitative estimate of drug-likeness (QED) is 0.465. The molecular formula is C9H10ClNO3S. The molecule has 6 heteroatoms. The molecule has 4 nitrogen and oxygen atoms in total. The van der Waals surface area contributed by atoms with E-state index in [-0.39, 0.29) is 18.8 Å². The molecular weight excluding hydrogens is 238 g/mol. The van der Waals surface area contributed by atoms with Crippen LogP contribution >= 0.6 is 22.9 Å². The summed E-state index contributed by atoms with van der Waals surface area (Å²) < 4.78 is 4.98. The van der Waals surface area contributed by atoms with Crippen molar-refractivity contribution in [2.75, 3.05) is 6.61 Å². The summed E-state index contributed by atoms with van der Waals surface area (Å²) in [5.41, 5.74) is 0.555. The molecule has 0 aliphatic rings. The predicted octanol–water partition coefficient (Wildman–Crippen LogP) is 2.24. The third-order valence-corrected chi connectivity index (χ3v) is 2.94. The Kier molecular flexibility index (Phi) is 4.23. The maximum absolute atomic E-state index is 11.6. The second-order valence-corrected chi connectivity index (χ2v) is 4.37. The first-order valence-electron chi connectivity index (χ1n) is 4.36. The number of aryl methyl sites for hydroxylation is 1. The number of Topliss-reactive ketones (excluding diaryl/α,β-unsaturated/α-hetero) is 1. The Morgan fingerprint density at radius 1 is 1.53 bits per heavy atom. The molecule has 0 radical (unpaired) electrons. The molecule has 0 amide bonds. The molecule has 1 aromatic heterocycles. The zero-order chi connectivity index (χ0) is 11.4. The van der Waals surface area contributed by atoms with Gasteiger partial charge in [0.15, 0.2) is 10.3 Å². The van der Waals surface area contributed by atoms with Crippen molar-refractivity contribution in [3.63, 3.8) is 0 Å². The van der Waals surface area contributed by atoms with Gasteiger partial charge in [-0.05, 0) is 13.8 Å². The zero-order valence-electron chi connectivity index (χ0n) is 8.37. The van der Waals surface area contributed by atoms with E-state index in [4.69, 9.17) is 11.6 Å². The molecule has 0 fully saturated rings. The van der Waals surface area contributed by atoms with Crippen LogP contribution in [0.4, 0.5) is 0 Å². The van der Waals surface area contributed by atoms with E-state index >= 15 is 0 Å². The number of ketones is 1. The molecule has 15 heavy (non-hydrogen) atoms. The summed E-state index contributed by atoms with van der Waals surface area (Å²) in [4.78, 5) is 26.9. The van der Waals surface area contributed by atoms with Crippen LogP contribution in [0.5, 0.6) is 0 Å². The Hall–Kier alpha value is -0.940. The van der Waals surface area contributed by atoms with Gasteiger partial charge in [-0.1, -0.05) is 22.9 Å². The van der Waals surface area contributed by atoms with Gasteiger partial charge >= 0.3 is 5.97 Å². The van der Waals surface area contributed by atoms with E-state index in [0.29, 0.717) is 15.0 Å². The van der Waals surface area contributed by atoms with Crippen LogP contribution < -0.4 is 0 Å². The van der Waals surface area contributed by atoms with Crippen molar-refractivity contribution in [1.82, 2.24) is 4.98 Å². The Morgan fingerprint density at radius 2 is 2.20 bits per heavy atom. The van der Waals surface area contributed by atoms with Gasteiger partial charge in [0.05, 0.1) is 17.2 Å². The van der Waals surface area contributed by atoms with Crippen LogP contribution in [0.3, 0.4) is 0 Å². The highest BCUT2D eigenvalue weighted by Gasteiger charge is 2.18. The van der Waals surface area contributed by atoms with Gasteiger partial charge in [0, 0.05) is 0 Å². The highest BCUT2D eigenvalue weighted by atomic mass is 35.5. The minimum Gasteiger partial charge on any atom is -0.466 e. The second-order valence-electron chi connectivity index (χ2n) is 2.79. The van der Waals surface area contributed by atoms with Crippen molar-refractivity contribution >= 4 is 34.7 Å². The number of hydrogen-bond acceptors (Lipinski definition) is 5. The number of esters is 1. The second kappa shape index (κ2) is 5.23. The van der Waals surface area contributed by atoms with Crippen LogP contribution in [-0.4, -0.2) is 23.3 Å². The summed E-state index contributed by atoms with van der Waals surface area (Å²) in [5.74, 6) is -0.818. The molecule has 0 bridgehead atoms. The van der Waals surface area contributed by atoms with Crippen LogP contribution in [0.1, 0.15) is 28.7 Å². The molecule has 0 spiro atoms. The molecule has 82 valence electrons. The average molecular weight is 248 g/mol. The smallest absolute Gasteiger partial charge is 0.313 e. The van der Waals surface area contributed by atoms with Crippen LogP contribution in [0, 0.1) is 6.92 Å². The predicted molar refractivity (Wildman–Crippen MR) is 57.4 cm³/mol. The van der Waals surface area contributed by atoms with Crippen LogP contribution in [0.25, 0.3) is 0 Å². The van der Waals surface area contributed by atoms with Crippen molar-refractivity contribution in [2.24, 2.45) is 0 Å². The molecule has 0 atom stereocenters. The van der Waals surface area contributed by atoms with E-state index in [2.05, 4.69) is 9.72 Å². The molecule has 0 saturated carbocycles. The van der Waals surface area contributed by atoms with Gasteiger partial charge in [0.25, 0.3) is 0 Å². The number of halogens is 1. The van der Waals surface area contributed by atoms with Crippen molar-refractivity contribution in [1.29, 1.82) is 0 Å². The lowest BCUT2D eigenvalue weighted by atomic mass is 10.2. The first-order valence-corrected chi connectivity index (χ1v) is 5.55. The summed E-state index contributed by atoms with van der Waals surface area (Å²) in [6.45, 7) is 3.65. The van der Waals surface area contributed by atoms with E-state index < -0.39 is 5.97 Å². The third kappa shape index (κ3) is 3.28. The van der Waals surface area contributed by atoms with Crippen molar-refractivity contribution < 1.29 is 14.3 Å². The molecule has 1 rings (SSSR count). The van der Waals surface area contributed by atoms with E-state index in [9.17, 15) is 9.59 Å². The summed E-state index contributed by atoms with van der Waals surface area (Å²) in [6, 6.07) is 0. The zero-order valence-corrected chi connectivity index (χ0v) is 9.94. The van der Waals surface area contributed by atoms with Gasteiger partial charge in [0.1, 0.15) is 6.42 Å². The van der Waals surface area contributed by atoms with Gasteiger partial charge < -0.3 is 4.74 Å². The molecule has 0 aliphatic carbocycles. The fraction of sp³-hybridized carbons (Fsp3) is 0.444. The van der Waals surface area contributed by atoms with E-state index in [1.165, 1.54) is 0 Å². The lowest BCUT2D eigenvalue weighted by Gasteiger charge is -1.99. The number of nitrogens with zero attached hydrogens (tertiary/aromatic N) is 1. The standard InChI is InChI=1S/C9H10ClNO3S/c1-3-14-7(13)4-6(12)8-5(2)11-9(10)15-8/h3-4H2,1-2H3. The fourth-order valence-corrected chi connectivity index (χ4v) is 2.13. The van der Waals surface area contributed by atoms with Crippen LogP contribution in [-0.2, 0) is 9.53 Å². The number of rotatable bonds is 4. The molecule has 1 heterocycles. The first kappa shape index (κ1) is 12.1. The SMILES string of the molecule is CCOC(=O)CC(=O)c1sc(Cl)nc1C. The maximum Gasteiger partial charge on any atom is 0.313 e. The summed E-state index contributed by atoms with van der Waals surface area (Å²) >= 11 is 6.73. The van der Waals surface area contributed by atoms with Gasteiger partial charge in [-0.3, -0.25) is 9.59 Å². The van der Waals surface area contributed by atoms with Gasteiger partial charge in [-0.25, -0.2) is 4.98 Å². The molecule has 1 aromatic rings. The summed E-state index contributed by atoms with van der Waals surface area (Å²) in [7, 11) is 0. The van der Waals surface area contributed by atoms with E-state index in [1.54, 1.807) is 13.8 Å². The van der Waals surface area contributed by atoms with Crippen LogP contribution in [0.15, 0.2) is 0 Å². The fourth-order valence-electron chi connectivity index (χ4n) is 1.05. The lowest BCUT2D eigenvalue weighted by Crippen LogP contribution is -2.11. The van der Waals surface area contributed by atoms with Crippen molar-refractivity contribution in [3.05, 3.63) is 15.0 Å². The molecule has 0 unspecified atom stereocenters. The number of carbonyl (C=O) groups excluding carboxylic acids is 2. The largest absolute Gasteiger partial charge is 0.466 e. The normalized spacial score (nSPS) is 10.1. The van der Waals surface area contributed by atoms with Crippen molar-refractivity contribution in [3.8, 4) is 0 Å². The maximum atomic E-state index is 11.6. The Bertz CT molecular complexity index is 389. The van der Waals surface area contributed by atoms with Crippen molar-refractivity contribution in [2.45, 2.75) is 20.3 Å². The number of carbonyl (C=O) groups is 2. The van der Waals surface area contributed by atoms with E-state index in [1.807, 2.05) is 0 Å². The highest BCUT2D eigenvalue weighted by Crippen LogP contribution is 2.23. The topological polar surface area (TPSA) is 56.3 Å². The monoisotopic (exact) mass is 247 g/mol. The first-order chi connectivity index (χ1) is 7.04. The van der Waals surface area contributed by atoms with E-state index in [0.717, 1.165) is 11.3 Å². The molecule has 0 N–H and O–H groups in total. The highest BCUT2D eigenvalue weighted by molar-refractivity contribution is 7.17. The Labute approximate surface area is 96.2 Å². The number of ether oxygens (including phenoxy) is 1. The minimum absolute atomic E-state index is 0.257. The third-order valence-electron chi connectivity index (χ3n) is 1.63. The van der Waals surface area contributed by atoms with Gasteiger partial charge in [0.2, 0.25) is 0 Å². The molecule has 0 aliphatic heterocycles. The number of hydrogen-bond donors (Lipinski definition) is 0.